The molecule has 1 aliphatic rings. The fraction of sp³-hybridized carbons (Fsp3) is 0.412. The van der Waals surface area contributed by atoms with Crippen molar-refractivity contribution < 1.29 is 9.13 Å². The van der Waals surface area contributed by atoms with E-state index < -0.39 is 0 Å². The lowest BCUT2D eigenvalue weighted by Crippen LogP contribution is -2.18. The molecule has 1 aromatic carbocycles. The highest BCUT2D eigenvalue weighted by atomic mass is 32.1. The summed E-state index contributed by atoms with van der Waals surface area (Å²) in [6, 6.07) is 9.57. The van der Waals surface area contributed by atoms with Crippen LogP contribution in [0.3, 0.4) is 0 Å². The van der Waals surface area contributed by atoms with E-state index in [1.165, 1.54) is 43.7 Å². The van der Waals surface area contributed by atoms with Gasteiger partial charge in [0, 0.05) is 16.6 Å². The Bertz CT molecular complexity index is 578. The lowest BCUT2D eigenvalue weighted by atomic mass is 9.96. The number of methoxy groups -OCH3 is 1. The first-order valence-corrected chi connectivity index (χ1v) is 8.29. The summed E-state index contributed by atoms with van der Waals surface area (Å²) in [7, 11) is 1.50. The maximum atomic E-state index is 13.5. The maximum Gasteiger partial charge on any atom is 0.165 e. The quantitative estimate of drug-likeness (QED) is 0.815. The Hall–Kier alpha value is -1.55. The van der Waals surface area contributed by atoms with E-state index in [1.807, 2.05) is 0 Å². The smallest absolute Gasteiger partial charge is 0.165 e. The minimum absolute atomic E-state index is 0.288. The number of thiophene rings is 1. The van der Waals surface area contributed by atoms with E-state index in [9.17, 15) is 4.39 Å². The van der Waals surface area contributed by atoms with Crippen molar-refractivity contribution in [1.82, 2.24) is 0 Å². The lowest BCUT2D eigenvalue weighted by molar-refractivity contribution is 0.386. The standard InChI is InChI=1S/C17H20FNOS/c1-20-15-11-13(8-9-14(15)18)19-17(12-5-2-3-6-12)16-7-4-10-21-16/h4,7-12,17,19H,2-3,5-6H2,1H3. The van der Waals surface area contributed by atoms with Crippen LogP contribution in [0.2, 0.25) is 0 Å². The van der Waals surface area contributed by atoms with Crippen molar-refractivity contribution >= 4 is 17.0 Å². The Morgan fingerprint density at radius 3 is 2.76 bits per heavy atom. The zero-order chi connectivity index (χ0) is 14.7. The van der Waals surface area contributed by atoms with Gasteiger partial charge in [0.25, 0.3) is 0 Å². The Labute approximate surface area is 129 Å². The highest BCUT2D eigenvalue weighted by Gasteiger charge is 2.27. The van der Waals surface area contributed by atoms with Gasteiger partial charge in [-0.2, -0.15) is 0 Å². The second kappa shape index (κ2) is 6.48. The number of ether oxygens (including phenoxy) is 1. The molecule has 0 aliphatic heterocycles. The van der Waals surface area contributed by atoms with E-state index in [2.05, 4.69) is 22.8 Å². The summed E-state index contributed by atoms with van der Waals surface area (Å²) in [4.78, 5) is 1.35. The van der Waals surface area contributed by atoms with Gasteiger partial charge in [-0.15, -0.1) is 11.3 Å². The minimum Gasteiger partial charge on any atom is -0.494 e. The summed E-state index contributed by atoms with van der Waals surface area (Å²) >= 11 is 1.78. The maximum absolute atomic E-state index is 13.5. The first-order chi connectivity index (χ1) is 10.3. The number of rotatable bonds is 5. The van der Waals surface area contributed by atoms with Crippen molar-refractivity contribution in [2.45, 2.75) is 31.7 Å². The fourth-order valence-corrected chi connectivity index (χ4v) is 3.98. The van der Waals surface area contributed by atoms with Crippen LogP contribution < -0.4 is 10.1 Å². The van der Waals surface area contributed by atoms with Gasteiger partial charge in [-0.1, -0.05) is 18.9 Å². The number of anilines is 1. The van der Waals surface area contributed by atoms with Gasteiger partial charge >= 0.3 is 0 Å². The number of hydrogen-bond donors (Lipinski definition) is 1. The molecular weight excluding hydrogens is 285 g/mol. The van der Waals surface area contributed by atoms with Crippen LogP contribution in [-0.4, -0.2) is 7.11 Å². The predicted molar refractivity (Wildman–Crippen MR) is 85.6 cm³/mol. The monoisotopic (exact) mass is 305 g/mol. The zero-order valence-corrected chi connectivity index (χ0v) is 13.0. The van der Waals surface area contributed by atoms with E-state index >= 15 is 0 Å². The topological polar surface area (TPSA) is 21.3 Å². The summed E-state index contributed by atoms with van der Waals surface area (Å²) in [5, 5.41) is 5.70. The molecule has 0 radical (unpaired) electrons. The van der Waals surface area contributed by atoms with Crippen molar-refractivity contribution in [3.8, 4) is 5.75 Å². The van der Waals surface area contributed by atoms with E-state index in [1.54, 1.807) is 23.5 Å². The van der Waals surface area contributed by atoms with Crippen LogP contribution in [-0.2, 0) is 0 Å². The second-order valence-electron chi connectivity index (χ2n) is 5.53. The normalized spacial score (nSPS) is 16.9. The molecule has 1 N–H and O–H groups in total. The molecule has 1 heterocycles. The molecule has 1 saturated carbocycles. The van der Waals surface area contributed by atoms with E-state index in [0.29, 0.717) is 12.0 Å². The molecule has 0 saturated heterocycles. The molecule has 0 bridgehead atoms. The molecule has 1 aromatic heterocycles. The molecule has 112 valence electrons. The summed E-state index contributed by atoms with van der Waals surface area (Å²) in [6.07, 6.45) is 5.13. The molecule has 0 spiro atoms. The SMILES string of the molecule is COc1cc(NC(c2cccs2)C2CCCC2)ccc1F. The molecule has 1 unspecified atom stereocenters. The third-order valence-corrected chi connectivity index (χ3v) is 5.15. The van der Waals surface area contributed by atoms with Crippen LogP contribution in [0, 0.1) is 11.7 Å². The van der Waals surface area contributed by atoms with Crippen molar-refractivity contribution in [1.29, 1.82) is 0 Å². The van der Waals surface area contributed by atoms with Crippen molar-refractivity contribution in [2.24, 2.45) is 5.92 Å². The van der Waals surface area contributed by atoms with Gasteiger partial charge in [-0.3, -0.25) is 0 Å². The van der Waals surface area contributed by atoms with Gasteiger partial charge in [0.1, 0.15) is 0 Å². The molecule has 2 aromatic rings. The van der Waals surface area contributed by atoms with Crippen LogP contribution in [0.15, 0.2) is 35.7 Å². The Morgan fingerprint density at radius 1 is 1.29 bits per heavy atom. The van der Waals surface area contributed by atoms with Crippen molar-refractivity contribution in [2.75, 3.05) is 12.4 Å². The number of hydrogen-bond acceptors (Lipinski definition) is 3. The predicted octanol–water partition coefficient (Wildman–Crippen LogP) is 5.24. The Kier molecular flexibility index (Phi) is 4.44. The third kappa shape index (κ3) is 3.21. The van der Waals surface area contributed by atoms with Crippen LogP contribution in [0.1, 0.15) is 36.6 Å². The summed E-state index contributed by atoms with van der Waals surface area (Å²) < 4.78 is 18.6. The highest BCUT2D eigenvalue weighted by molar-refractivity contribution is 7.10. The van der Waals surface area contributed by atoms with Gasteiger partial charge < -0.3 is 10.1 Å². The zero-order valence-electron chi connectivity index (χ0n) is 12.1. The summed E-state index contributed by atoms with van der Waals surface area (Å²) in [6.45, 7) is 0. The Balaban J connectivity index is 1.84. The fourth-order valence-electron chi connectivity index (χ4n) is 3.11. The lowest BCUT2D eigenvalue weighted by Gasteiger charge is -2.25. The minimum atomic E-state index is -0.323. The van der Waals surface area contributed by atoms with Crippen molar-refractivity contribution in [3.63, 3.8) is 0 Å². The highest BCUT2D eigenvalue weighted by Crippen LogP contribution is 2.39. The van der Waals surface area contributed by atoms with Gasteiger partial charge in [0.05, 0.1) is 13.2 Å². The molecule has 4 heteroatoms. The van der Waals surface area contributed by atoms with Crippen LogP contribution in [0.5, 0.6) is 5.75 Å². The van der Waals surface area contributed by atoms with Gasteiger partial charge in [-0.05, 0) is 42.3 Å². The third-order valence-electron chi connectivity index (χ3n) is 4.19. The molecule has 2 nitrogen and oxygen atoms in total. The molecule has 21 heavy (non-hydrogen) atoms. The van der Waals surface area contributed by atoms with Gasteiger partial charge in [0.2, 0.25) is 0 Å². The average molecular weight is 305 g/mol. The molecule has 3 rings (SSSR count). The van der Waals surface area contributed by atoms with Crippen molar-refractivity contribution in [3.05, 3.63) is 46.4 Å². The number of benzene rings is 1. The molecule has 1 aliphatic carbocycles. The summed E-state index contributed by atoms with van der Waals surface area (Å²) in [5.74, 6) is 0.618. The van der Waals surface area contributed by atoms with Crippen LogP contribution in [0.25, 0.3) is 0 Å². The van der Waals surface area contributed by atoms with Gasteiger partial charge in [0.15, 0.2) is 11.6 Å². The second-order valence-corrected chi connectivity index (χ2v) is 6.51. The van der Waals surface area contributed by atoms with E-state index in [-0.39, 0.29) is 11.6 Å². The Morgan fingerprint density at radius 2 is 2.10 bits per heavy atom. The molecule has 1 atom stereocenters. The van der Waals surface area contributed by atoms with Crippen LogP contribution in [0.4, 0.5) is 10.1 Å². The van der Waals surface area contributed by atoms with E-state index in [4.69, 9.17) is 4.74 Å². The molecule has 1 fully saturated rings. The van der Waals surface area contributed by atoms with Crippen LogP contribution >= 0.6 is 11.3 Å². The first-order valence-electron chi connectivity index (χ1n) is 7.41. The van der Waals surface area contributed by atoms with Gasteiger partial charge in [-0.25, -0.2) is 4.39 Å². The molecular formula is C17H20FNOS. The largest absolute Gasteiger partial charge is 0.494 e. The average Bonchev–Trinajstić information content (AvgIpc) is 3.20. The molecule has 0 amide bonds. The number of halogens is 1. The van der Waals surface area contributed by atoms with E-state index in [0.717, 1.165) is 5.69 Å². The summed E-state index contributed by atoms with van der Waals surface area (Å²) in [5.41, 5.74) is 0.915. The number of nitrogens with one attached hydrogen (secondary N) is 1. The first kappa shape index (κ1) is 14.4.